The Labute approximate surface area is 124 Å². The Morgan fingerprint density at radius 1 is 1.05 bits per heavy atom. The Balaban J connectivity index is 3.01. The van der Waals surface area contributed by atoms with E-state index >= 15 is 0 Å². The van der Waals surface area contributed by atoms with E-state index in [-0.39, 0.29) is 0 Å². The van der Waals surface area contributed by atoms with Crippen LogP contribution in [0.4, 0.5) is 4.79 Å². The van der Waals surface area contributed by atoms with Crippen molar-refractivity contribution in [2.75, 3.05) is 20.8 Å². The quantitative estimate of drug-likeness (QED) is 0.565. The fourth-order valence-corrected chi connectivity index (χ4v) is 2.33. The molecule has 21 heavy (non-hydrogen) atoms. The van der Waals surface area contributed by atoms with Crippen molar-refractivity contribution in [1.82, 2.24) is 4.90 Å². The lowest BCUT2D eigenvalue weighted by Crippen LogP contribution is -2.56. The summed E-state index contributed by atoms with van der Waals surface area (Å²) in [5, 5.41) is 0. The van der Waals surface area contributed by atoms with Crippen molar-refractivity contribution < 1.29 is 28.6 Å². The second kappa shape index (κ2) is 6.78. The Morgan fingerprint density at radius 3 is 2.10 bits per heavy atom. The van der Waals surface area contributed by atoms with Crippen LogP contribution in [0.2, 0.25) is 0 Å². The molecule has 0 unspecified atom stereocenters. The number of amides is 1. The SMILES string of the molecule is COC(=O)[C@H]1CCCN(C(=O)OC(C)(C)C)[C@H]1C(=O)OC. The zero-order chi connectivity index (χ0) is 16.2. The summed E-state index contributed by atoms with van der Waals surface area (Å²) in [4.78, 5) is 37.3. The zero-order valence-electron chi connectivity index (χ0n) is 13.2. The van der Waals surface area contributed by atoms with Crippen molar-refractivity contribution in [3.05, 3.63) is 0 Å². The van der Waals surface area contributed by atoms with E-state index in [1.54, 1.807) is 20.8 Å². The van der Waals surface area contributed by atoms with Crippen LogP contribution in [-0.4, -0.2) is 55.3 Å². The fraction of sp³-hybridized carbons (Fsp3) is 0.786. The predicted octanol–water partition coefficient (Wildman–Crippen LogP) is 1.35. The Hall–Kier alpha value is -1.79. The van der Waals surface area contributed by atoms with Gasteiger partial charge in [-0.25, -0.2) is 9.59 Å². The molecule has 1 aliphatic heterocycles. The van der Waals surface area contributed by atoms with E-state index in [1.807, 2.05) is 0 Å². The van der Waals surface area contributed by atoms with Crippen LogP contribution in [0.5, 0.6) is 0 Å². The highest BCUT2D eigenvalue weighted by Crippen LogP contribution is 2.27. The molecule has 0 radical (unpaired) electrons. The Morgan fingerprint density at radius 2 is 1.62 bits per heavy atom. The summed E-state index contributed by atoms with van der Waals surface area (Å²) in [5.74, 6) is -1.90. The number of rotatable bonds is 2. The van der Waals surface area contributed by atoms with Crippen LogP contribution in [0, 0.1) is 5.92 Å². The number of carbonyl (C=O) groups excluding carboxylic acids is 3. The van der Waals surface area contributed by atoms with E-state index in [4.69, 9.17) is 14.2 Å². The summed E-state index contributed by atoms with van der Waals surface area (Å²) >= 11 is 0. The molecule has 1 saturated heterocycles. The lowest BCUT2D eigenvalue weighted by Gasteiger charge is -2.38. The van der Waals surface area contributed by atoms with Crippen molar-refractivity contribution >= 4 is 18.0 Å². The van der Waals surface area contributed by atoms with Gasteiger partial charge >= 0.3 is 18.0 Å². The van der Waals surface area contributed by atoms with Crippen LogP contribution in [0.25, 0.3) is 0 Å². The highest BCUT2D eigenvalue weighted by Gasteiger charge is 2.45. The van der Waals surface area contributed by atoms with E-state index in [2.05, 4.69) is 0 Å². The number of carbonyl (C=O) groups is 3. The number of esters is 2. The minimum atomic E-state index is -1.01. The van der Waals surface area contributed by atoms with Gasteiger partial charge in [0.2, 0.25) is 0 Å². The largest absolute Gasteiger partial charge is 0.469 e. The van der Waals surface area contributed by atoms with Gasteiger partial charge in [0, 0.05) is 6.54 Å². The van der Waals surface area contributed by atoms with Crippen molar-refractivity contribution in [2.24, 2.45) is 5.92 Å². The molecule has 0 aromatic carbocycles. The minimum Gasteiger partial charge on any atom is -0.469 e. The molecule has 0 aromatic rings. The molecule has 0 saturated carbocycles. The van der Waals surface area contributed by atoms with Crippen LogP contribution >= 0.6 is 0 Å². The Bertz CT molecular complexity index is 414. The molecule has 1 aliphatic rings. The fourth-order valence-electron chi connectivity index (χ4n) is 2.33. The van der Waals surface area contributed by atoms with Crippen LogP contribution in [-0.2, 0) is 23.8 Å². The number of piperidine rings is 1. The average Bonchev–Trinajstić information content (AvgIpc) is 2.42. The first-order valence-electron chi connectivity index (χ1n) is 6.86. The van der Waals surface area contributed by atoms with Crippen molar-refractivity contribution in [2.45, 2.75) is 45.3 Å². The third-order valence-electron chi connectivity index (χ3n) is 3.21. The summed E-state index contributed by atoms with van der Waals surface area (Å²) in [7, 11) is 2.47. The van der Waals surface area contributed by atoms with E-state index in [1.165, 1.54) is 19.1 Å². The smallest absolute Gasteiger partial charge is 0.411 e. The summed E-state index contributed by atoms with van der Waals surface area (Å²) in [6.45, 7) is 5.54. The first-order chi connectivity index (χ1) is 9.71. The third kappa shape index (κ3) is 4.34. The van der Waals surface area contributed by atoms with Gasteiger partial charge in [-0.15, -0.1) is 0 Å². The molecule has 0 aliphatic carbocycles. The molecule has 7 nitrogen and oxygen atoms in total. The highest BCUT2D eigenvalue weighted by atomic mass is 16.6. The molecule has 0 aromatic heterocycles. The van der Waals surface area contributed by atoms with Gasteiger partial charge in [-0.2, -0.15) is 0 Å². The second-order valence-corrected chi connectivity index (χ2v) is 5.91. The maximum atomic E-state index is 12.2. The third-order valence-corrected chi connectivity index (χ3v) is 3.21. The highest BCUT2D eigenvalue weighted by molar-refractivity contribution is 5.88. The molecule has 2 atom stereocenters. The van der Waals surface area contributed by atoms with Gasteiger partial charge in [0.1, 0.15) is 11.6 Å². The number of likely N-dealkylation sites (tertiary alicyclic amines) is 1. The van der Waals surface area contributed by atoms with Gasteiger partial charge in [-0.3, -0.25) is 9.69 Å². The lowest BCUT2D eigenvalue weighted by molar-refractivity contribution is -0.161. The molecule has 1 fully saturated rings. The van der Waals surface area contributed by atoms with Gasteiger partial charge < -0.3 is 14.2 Å². The zero-order valence-corrected chi connectivity index (χ0v) is 13.2. The van der Waals surface area contributed by atoms with Crippen LogP contribution in [0.1, 0.15) is 33.6 Å². The van der Waals surface area contributed by atoms with Gasteiger partial charge in [0.25, 0.3) is 0 Å². The average molecular weight is 301 g/mol. The predicted molar refractivity (Wildman–Crippen MR) is 73.5 cm³/mol. The minimum absolute atomic E-state index is 0.335. The molecule has 0 N–H and O–H groups in total. The summed E-state index contributed by atoms with van der Waals surface area (Å²) in [6.07, 6.45) is 0.421. The van der Waals surface area contributed by atoms with Gasteiger partial charge in [-0.05, 0) is 33.6 Å². The van der Waals surface area contributed by atoms with Crippen molar-refractivity contribution in [1.29, 1.82) is 0 Å². The first kappa shape index (κ1) is 17.3. The van der Waals surface area contributed by atoms with Crippen LogP contribution < -0.4 is 0 Å². The number of nitrogens with zero attached hydrogens (tertiary/aromatic N) is 1. The monoisotopic (exact) mass is 301 g/mol. The molecule has 1 rings (SSSR count). The van der Waals surface area contributed by atoms with E-state index in [9.17, 15) is 14.4 Å². The topological polar surface area (TPSA) is 82.1 Å². The first-order valence-corrected chi connectivity index (χ1v) is 6.86. The maximum absolute atomic E-state index is 12.2. The number of hydrogen-bond donors (Lipinski definition) is 0. The summed E-state index contributed by atoms with van der Waals surface area (Å²) in [5.41, 5.74) is -0.685. The second-order valence-electron chi connectivity index (χ2n) is 5.91. The lowest BCUT2D eigenvalue weighted by atomic mass is 9.89. The molecule has 7 heteroatoms. The molecular formula is C14H23NO6. The van der Waals surface area contributed by atoms with Gasteiger partial charge in [0.15, 0.2) is 0 Å². The molecule has 120 valence electrons. The van der Waals surface area contributed by atoms with Crippen molar-refractivity contribution in [3.8, 4) is 0 Å². The normalized spacial score (nSPS) is 22.4. The molecule has 1 amide bonds. The van der Waals surface area contributed by atoms with Gasteiger partial charge in [0.05, 0.1) is 20.1 Å². The number of hydrogen-bond acceptors (Lipinski definition) is 6. The number of ether oxygens (including phenoxy) is 3. The standard InChI is InChI=1S/C14H23NO6/c1-14(2,3)21-13(18)15-8-6-7-9(11(16)19-4)10(15)12(17)20-5/h9-10H,6-8H2,1-5H3/t9-,10+/m0/s1. The van der Waals surface area contributed by atoms with Crippen LogP contribution in [0.3, 0.4) is 0 Å². The maximum Gasteiger partial charge on any atom is 0.411 e. The van der Waals surface area contributed by atoms with E-state index < -0.39 is 35.6 Å². The van der Waals surface area contributed by atoms with Gasteiger partial charge in [-0.1, -0.05) is 0 Å². The van der Waals surface area contributed by atoms with E-state index in [0.717, 1.165) is 0 Å². The molecular weight excluding hydrogens is 278 g/mol. The van der Waals surface area contributed by atoms with Crippen LogP contribution in [0.15, 0.2) is 0 Å². The molecule has 0 bridgehead atoms. The summed E-state index contributed by atoms with van der Waals surface area (Å²) in [6, 6.07) is -1.01. The molecule has 1 heterocycles. The summed E-state index contributed by atoms with van der Waals surface area (Å²) < 4.78 is 14.7. The number of methoxy groups -OCH3 is 2. The van der Waals surface area contributed by atoms with Crippen molar-refractivity contribution in [3.63, 3.8) is 0 Å². The van der Waals surface area contributed by atoms with E-state index in [0.29, 0.717) is 19.4 Å². The molecule has 0 spiro atoms. The Kier molecular flexibility index (Phi) is 5.57.